The lowest BCUT2D eigenvalue weighted by Crippen LogP contribution is -2.42. The summed E-state index contributed by atoms with van der Waals surface area (Å²) >= 11 is 0. The molecule has 27 heavy (non-hydrogen) atoms. The minimum atomic E-state index is -0.306. The van der Waals surface area contributed by atoms with E-state index in [2.05, 4.69) is 25.9 Å². The summed E-state index contributed by atoms with van der Waals surface area (Å²) in [6.07, 6.45) is 3.03. The molecular weight excluding hydrogens is 349 g/mol. The molecule has 0 saturated heterocycles. The van der Waals surface area contributed by atoms with Crippen LogP contribution in [0.3, 0.4) is 0 Å². The highest BCUT2D eigenvalue weighted by atomic mass is 19.1. The summed E-state index contributed by atoms with van der Waals surface area (Å²) in [5.74, 6) is 0.548. The molecule has 8 heteroatoms. The highest BCUT2D eigenvalue weighted by Gasteiger charge is 2.07. The largest absolute Gasteiger partial charge is 0.489 e. The Hall–Kier alpha value is -3.16. The predicted octanol–water partition coefficient (Wildman–Crippen LogP) is 2.18. The van der Waals surface area contributed by atoms with E-state index in [1.54, 1.807) is 36.7 Å². The van der Waals surface area contributed by atoms with Gasteiger partial charge in [-0.25, -0.2) is 9.38 Å². The molecule has 0 aliphatic rings. The van der Waals surface area contributed by atoms with Crippen LogP contribution >= 0.6 is 0 Å². The second-order valence-corrected chi connectivity index (χ2v) is 5.75. The van der Waals surface area contributed by atoms with Crippen LogP contribution in [0.2, 0.25) is 0 Å². The van der Waals surface area contributed by atoms with Crippen molar-refractivity contribution in [2.24, 2.45) is 4.99 Å². The second-order valence-electron chi connectivity index (χ2n) is 5.75. The molecule has 0 radical (unpaired) electrons. The van der Waals surface area contributed by atoms with Gasteiger partial charge in [-0.2, -0.15) is 0 Å². The Morgan fingerprint density at radius 1 is 1.26 bits per heavy atom. The number of hydrogen-bond donors (Lipinski definition) is 3. The maximum atomic E-state index is 12.9. The number of pyridine rings is 1. The molecule has 1 atom stereocenters. The zero-order valence-electron chi connectivity index (χ0n) is 15.4. The average Bonchev–Trinajstić information content (AvgIpc) is 2.66. The van der Waals surface area contributed by atoms with E-state index in [1.807, 2.05) is 13.8 Å². The molecule has 1 aromatic carbocycles. The van der Waals surface area contributed by atoms with E-state index in [-0.39, 0.29) is 24.4 Å². The van der Waals surface area contributed by atoms with Gasteiger partial charge < -0.3 is 20.7 Å². The minimum Gasteiger partial charge on any atom is -0.489 e. The van der Waals surface area contributed by atoms with Crippen molar-refractivity contribution in [1.29, 1.82) is 0 Å². The molecule has 144 valence electrons. The van der Waals surface area contributed by atoms with Gasteiger partial charge in [0.15, 0.2) is 5.96 Å². The van der Waals surface area contributed by atoms with Crippen molar-refractivity contribution in [2.45, 2.75) is 20.0 Å². The number of nitrogens with one attached hydrogen (secondary N) is 3. The third-order valence-corrected chi connectivity index (χ3v) is 3.38. The van der Waals surface area contributed by atoms with Gasteiger partial charge in [-0.1, -0.05) is 0 Å². The molecule has 1 aromatic heterocycles. The fraction of sp³-hybridized carbons (Fsp3) is 0.316. The maximum absolute atomic E-state index is 12.9. The summed E-state index contributed by atoms with van der Waals surface area (Å²) in [5.41, 5.74) is 0.622. The van der Waals surface area contributed by atoms with Gasteiger partial charge in [0.25, 0.3) is 0 Å². The minimum absolute atomic E-state index is 0.0303. The monoisotopic (exact) mass is 373 g/mol. The van der Waals surface area contributed by atoms with Gasteiger partial charge in [-0.05, 0) is 50.2 Å². The predicted molar refractivity (Wildman–Crippen MR) is 103 cm³/mol. The highest BCUT2D eigenvalue weighted by Crippen LogP contribution is 2.12. The van der Waals surface area contributed by atoms with Crippen molar-refractivity contribution in [3.63, 3.8) is 0 Å². The Morgan fingerprint density at radius 3 is 2.70 bits per heavy atom. The summed E-state index contributed by atoms with van der Waals surface area (Å²) in [4.78, 5) is 20.2. The van der Waals surface area contributed by atoms with E-state index in [0.29, 0.717) is 30.5 Å². The van der Waals surface area contributed by atoms with Crippen LogP contribution in [0.5, 0.6) is 5.75 Å². The van der Waals surface area contributed by atoms with Gasteiger partial charge in [0, 0.05) is 12.7 Å². The molecule has 2 rings (SSSR count). The summed E-state index contributed by atoms with van der Waals surface area (Å²) < 4.78 is 18.6. The standard InChI is InChI=1S/C19H24FN5O2/c1-3-22-19(24-13-18(26)25-16-5-4-10-21-12-16)23-11-14(2)27-17-8-6-15(20)7-9-17/h4-10,12,14H,3,11,13H2,1-2H3,(H,25,26)(H2,22,23,24). The number of halogens is 1. The van der Waals surface area contributed by atoms with Crippen molar-refractivity contribution >= 4 is 17.6 Å². The van der Waals surface area contributed by atoms with Crippen LogP contribution < -0.4 is 20.7 Å². The number of anilines is 1. The van der Waals surface area contributed by atoms with Gasteiger partial charge in [-0.15, -0.1) is 0 Å². The highest BCUT2D eigenvalue weighted by molar-refractivity contribution is 5.93. The topological polar surface area (TPSA) is 87.6 Å². The number of rotatable bonds is 8. The number of guanidine groups is 1. The fourth-order valence-electron chi connectivity index (χ4n) is 2.16. The van der Waals surface area contributed by atoms with Crippen LogP contribution in [0.25, 0.3) is 0 Å². The van der Waals surface area contributed by atoms with Crippen LogP contribution in [0.4, 0.5) is 10.1 Å². The van der Waals surface area contributed by atoms with Gasteiger partial charge in [0.2, 0.25) is 5.91 Å². The third-order valence-electron chi connectivity index (χ3n) is 3.38. The smallest absolute Gasteiger partial charge is 0.246 e. The molecule has 1 amide bonds. The van der Waals surface area contributed by atoms with Crippen LogP contribution in [0.15, 0.2) is 53.8 Å². The maximum Gasteiger partial charge on any atom is 0.246 e. The number of carbonyl (C=O) groups is 1. The van der Waals surface area contributed by atoms with Crippen molar-refractivity contribution in [3.8, 4) is 5.75 Å². The Bertz CT molecular complexity index is 738. The first-order valence-electron chi connectivity index (χ1n) is 8.71. The number of nitrogens with zero attached hydrogens (tertiary/aromatic N) is 2. The summed E-state index contributed by atoms with van der Waals surface area (Å²) in [6.45, 7) is 4.91. The van der Waals surface area contributed by atoms with E-state index in [9.17, 15) is 9.18 Å². The number of benzene rings is 1. The third kappa shape index (κ3) is 7.72. The van der Waals surface area contributed by atoms with Gasteiger partial charge >= 0.3 is 0 Å². The lowest BCUT2D eigenvalue weighted by Gasteiger charge is -2.17. The Morgan fingerprint density at radius 2 is 2.04 bits per heavy atom. The molecule has 3 N–H and O–H groups in total. The zero-order chi connectivity index (χ0) is 19.5. The quantitative estimate of drug-likeness (QED) is 0.488. The molecule has 0 spiro atoms. The summed E-state index contributed by atoms with van der Waals surface area (Å²) in [5, 5.41) is 8.91. The first-order valence-corrected chi connectivity index (χ1v) is 8.71. The van der Waals surface area contributed by atoms with Crippen molar-refractivity contribution in [1.82, 2.24) is 15.6 Å². The molecule has 0 aliphatic heterocycles. The lowest BCUT2D eigenvalue weighted by atomic mass is 10.3. The SMILES string of the molecule is CCNC(=NCC(=O)Nc1cccnc1)NCC(C)Oc1ccc(F)cc1. The Labute approximate surface area is 158 Å². The van der Waals surface area contributed by atoms with Gasteiger partial charge in [0.1, 0.15) is 24.2 Å². The molecule has 0 fully saturated rings. The van der Waals surface area contributed by atoms with Crippen molar-refractivity contribution in [3.05, 3.63) is 54.6 Å². The number of amides is 1. The van der Waals surface area contributed by atoms with Crippen LogP contribution in [0, 0.1) is 5.82 Å². The van der Waals surface area contributed by atoms with E-state index in [0.717, 1.165) is 0 Å². The fourth-order valence-corrected chi connectivity index (χ4v) is 2.16. The van der Waals surface area contributed by atoms with E-state index < -0.39 is 0 Å². The molecule has 2 aromatic rings. The van der Waals surface area contributed by atoms with E-state index in [1.165, 1.54) is 12.1 Å². The normalized spacial score (nSPS) is 12.2. The van der Waals surface area contributed by atoms with Crippen molar-refractivity contribution < 1.29 is 13.9 Å². The number of ether oxygens (including phenoxy) is 1. The van der Waals surface area contributed by atoms with Crippen LogP contribution in [0.1, 0.15) is 13.8 Å². The summed E-state index contributed by atoms with van der Waals surface area (Å²) in [7, 11) is 0. The number of carbonyl (C=O) groups excluding carboxylic acids is 1. The zero-order valence-corrected chi connectivity index (χ0v) is 15.4. The molecule has 1 heterocycles. The second kappa shape index (κ2) is 10.7. The van der Waals surface area contributed by atoms with Crippen molar-refractivity contribution in [2.75, 3.05) is 25.0 Å². The lowest BCUT2D eigenvalue weighted by molar-refractivity contribution is -0.114. The number of hydrogen-bond acceptors (Lipinski definition) is 4. The van der Waals surface area contributed by atoms with Crippen LogP contribution in [-0.2, 0) is 4.79 Å². The first-order chi connectivity index (χ1) is 13.1. The van der Waals surface area contributed by atoms with E-state index in [4.69, 9.17) is 4.74 Å². The molecule has 0 saturated carbocycles. The Kier molecular flexibility index (Phi) is 8.02. The van der Waals surface area contributed by atoms with Crippen LogP contribution in [-0.4, -0.2) is 42.6 Å². The Balaban J connectivity index is 1.81. The molecule has 1 unspecified atom stereocenters. The molecule has 0 aliphatic carbocycles. The van der Waals surface area contributed by atoms with E-state index >= 15 is 0 Å². The average molecular weight is 373 g/mol. The van der Waals surface area contributed by atoms with Gasteiger partial charge in [-0.3, -0.25) is 9.78 Å². The molecule has 7 nitrogen and oxygen atoms in total. The molecular formula is C19H24FN5O2. The molecule has 0 bridgehead atoms. The number of aromatic nitrogens is 1. The summed E-state index contributed by atoms with van der Waals surface area (Å²) in [6, 6.07) is 9.35. The van der Waals surface area contributed by atoms with Gasteiger partial charge in [0.05, 0.1) is 18.4 Å². The first kappa shape index (κ1) is 20.2. The number of aliphatic imine (C=N–C) groups is 1.